The van der Waals surface area contributed by atoms with Crippen molar-refractivity contribution < 1.29 is 52.5 Å². The molecular formula is C46H51BrCl5I11N5O11V2. The molecule has 1 unspecified atom stereocenters. The number of rotatable bonds is 11. The van der Waals surface area contributed by atoms with E-state index in [4.69, 9.17) is 77.0 Å². The van der Waals surface area contributed by atoms with Crippen molar-refractivity contribution in [1.29, 1.82) is 0 Å². The second-order valence-electron chi connectivity index (χ2n) is 12.5. The van der Waals surface area contributed by atoms with E-state index in [1.54, 1.807) is 69.8 Å². The Balaban J connectivity index is -0.000000280. The molecule has 35 heteroatoms. The maximum atomic E-state index is 11.4. The summed E-state index contributed by atoms with van der Waals surface area (Å²) in [4.78, 5) is 84.6. The maximum absolute atomic E-state index is 11.4. The number of nitrogens with zero attached hydrogens (tertiary/aromatic N) is 2. The number of halogens is 17. The monoisotopic (exact) mass is 2600 g/mol. The van der Waals surface area contributed by atoms with Crippen LogP contribution in [-0.2, 0) is 43.0 Å². The van der Waals surface area contributed by atoms with Crippen molar-refractivity contribution in [1.82, 2.24) is 24.9 Å². The van der Waals surface area contributed by atoms with Gasteiger partial charge in [-0.1, -0.05) is 133 Å². The number of esters is 3. The van der Waals surface area contributed by atoms with E-state index in [0.717, 1.165) is 9.13 Å². The fourth-order valence-electron chi connectivity index (χ4n) is 4.34. The third-order valence-corrected chi connectivity index (χ3v) is 12.6. The molecule has 455 valence electrons. The van der Waals surface area contributed by atoms with Crippen LogP contribution in [0, 0.1) is 14.3 Å². The SMILES string of the molecule is C.CCOC(=O)/C=C/CBr.CCOC(=O)/C=C/COc1cc(Cl)ncc1I.CCOC(=O)CC1COc2cc(Cl)ncc21.CI.CI.O=c1c(I)c[nH]c(Cl)c1I.O=c1cc(Cl)[nH]cc1I.O=c1cc[nH]c(Cl)c1.[I][V]([I])[I].[I][V][I]. The summed E-state index contributed by atoms with van der Waals surface area (Å²) in [7, 11) is 0.628. The number of aromatic amines is 3. The molecule has 0 amide bonds. The van der Waals surface area contributed by atoms with Crippen LogP contribution in [0.2, 0.25) is 25.8 Å². The van der Waals surface area contributed by atoms with Gasteiger partial charge in [0.2, 0.25) is 5.43 Å². The quantitative estimate of drug-likeness (QED) is 0.0280. The van der Waals surface area contributed by atoms with Crippen LogP contribution >= 0.6 is 309 Å². The summed E-state index contributed by atoms with van der Waals surface area (Å²) in [5, 5.41) is 2.61. The van der Waals surface area contributed by atoms with Gasteiger partial charge in [0, 0.05) is 90.3 Å². The number of alkyl halides is 3. The molecule has 1 aliphatic heterocycles. The molecule has 5 aromatic rings. The van der Waals surface area contributed by atoms with Gasteiger partial charge in [-0.25, -0.2) is 19.6 Å². The number of allylic oxidation sites excluding steroid dienone is 1. The first kappa shape index (κ1) is 93.5. The van der Waals surface area contributed by atoms with Gasteiger partial charge in [-0.3, -0.25) is 19.2 Å². The molecule has 1 aliphatic rings. The second kappa shape index (κ2) is 62.6. The van der Waals surface area contributed by atoms with Gasteiger partial charge < -0.3 is 38.6 Å². The number of pyridine rings is 5. The predicted molar refractivity (Wildman–Crippen MR) is 423 cm³/mol. The van der Waals surface area contributed by atoms with Crippen LogP contribution in [0.1, 0.15) is 46.1 Å². The Morgan fingerprint density at radius 1 is 0.753 bits per heavy atom. The third kappa shape index (κ3) is 53.0. The molecule has 1 atom stereocenters. The average molecular weight is 2600 g/mol. The molecule has 6 heterocycles. The van der Waals surface area contributed by atoms with Crippen LogP contribution in [0.4, 0.5) is 0 Å². The van der Waals surface area contributed by atoms with Gasteiger partial charge in [-0.05, 0) is 127 Å². The number of carbonyl (C=O) groups excluding carboxylic acids is 3. The van der Waals surface area contributed by atoms with Crippen LogP contribution in [0.25, 0.3) is 0 Å². The van der Waals surface area contributed by atoms with Gasteiger partial charge in [0.15, 0.2) is 10.9 Å². The standard InChI is InChI=1S/C11H11ClINO3.C11H12ClNO3.C6H9BrO2.C5H2ClI2NO.C5H3ClINO.C5H4ClNO.2CH3I.CH4.5HI.2V/c1-2-16-11(15)4-3-5-17-9-6-10(12)14-7-8(9)13;1-2-15-11(14)3-7-6-16-9-4-10(12)13-5-8(7)9;1-2-9-6(8)4-3-5-7;6-5-3(8)4(10)2(7)1-9-5;6-5-1-4(9)3(7)2-8-5;6-5-3-4(8)1-2-7-5;2*1-2;;;;;;;;/h3-4,6-7H,2,5H2,1H3;4-5,7H,2-3,6H2,1H3;3-4H,2,5H2,1H3;1H,(H,9,10);1-2H,(H,8,9);1-3H,(H,7,8);2*1H3;1H4;5*1H;;/q;;;;;;;;;;;;;;+2;+3/p-5/b4-3+;;4-3+;;;;;;;;;;;;;. The summed E-state index contributed by atoms with van der Waals surface area (Å²) in [6.07, 6.45) is 14.3. The number of aromatic nitrogens is 5. The predicted octanol–water partition coefficient (Wildman–Crippen LogP) is 18.6. The molecular weight excluding hydrogens is 2550 g/mol. The zero-order chi connectivity index (χ0) is 62.2. The molecule has 6 rings (SSSR count). The normalized spacial score (nSPS) is 10.8. The Hall–Kier alpha value is 3.77. The number of hydrogen-bond donors (Lipinski definition) is 3. The molecule has 0 spiro atoms. The molecule has 3 N–H and O–H groups in total. The number of hydrogen-bond acceptors (Lipinski definition) is 13. The summed E-state index contributed by atoms with van der Waals surface area (Å²) in [6.45, 7) is 7.28. The minimum atomic E-state index is -0.376. The van der Waals surface area contributed by atoms with E-state index in [9.17, 15) is 28.8 Å². The third-order valence-electron chi connectivity index (χ3n) is 7.25. The van der Waals surface area contributed by atoms with E-state index in [2.05, 4.69) is 213 Å². The van der Waals surface area contributed by atoms with Gasteiger partial charge in [-0.2, -0.15) is 0 Å². The van der Waals surface area contributed by atoms with Crippen molar-refractivity contribution in [3.63, 3.8) is 0 Å². The van der Waals surface area contributed by atoms with Gasteiger partial charge in [0.1, 0.15) is 43.9 Å². The van der Waals surface area contributed by atoms with Gasteiger partial charge >= 0.3 is 132 Å². The van der Waals surface area contributed by atoms with E-state index in [0.29, 0.717) is 95.6 Å². The zero-order valence-corrected chi connectivity index (χ0v) is 73.7. The van der Waals surface area contributed by atoms with Gasteiger partial charge in [0.25, 0.3) is 0 Å². The van der Waals surface area contributed by atoms with E-state index >= 15 is 0 Å². The fourth-order valence-corrected chi connectivity index (χ4v) is 7.44. The molecule has 0 bridgehead atoms. The van der Waals surface area contributed by atoms with E-state index < -0.39 is 0 Å². The molecule has 0 saturated heterocycles. The Labute approximate surface area is 654 Å². The molecule has 0 saturated carbocycles. The molecule has 0 fully saturated rings. The summed E-state index contributed by atoms with van der Waals surface area (Å²) in [5.74, 6) is 0.515. The Bertz CT molecular complexity index is 2770. The first-order valence-corrected chi connectivity index (χ1v) is 55.2. The first-order valence-electron chi connectivity index (χ1n) is 21.1. The van der Waals surface area contributed by atoms with Crippen molar-refractivity contribution in [3.8, 4) is 11.5 Å². The molecule has 81 heavy (non-hydrogen) atoms. The van der Waals surface area contributed by atoms with Crippen LogP contribution in [0.15, 0.2) is 100 Å². The van der Waals surface area contributed by atoms with Crippen molar-refractivity contribution in [2.45, 2.75) is 40.5 Å². The van der Waals surface area contributed by atoms with Crippen molar-refractivity contribution >= 4 is 327 Å². The minimum absolute atomic E-state index is 0. The Morgan fingerprint density at radius 2 is 1.26 bits per heavy atom. The zero-order valence-electron chi connectivity index (χ0n) is 41.8. The van der Waals surface area contributed by atoms with E-state index in [1.165, 1.54) is 36.5 Å². The summed E-state index contributed by atoms with van der Waals surface area (Å²) in [6, 6.07) is 7.38. The number of H-pyrrole nitrogens is 3. The molecule has 0 aromatic carbocycles. The van der Waals surface area contributed by atoms with Crippen molar-refractivity contribution in [2.75, 3.05) is 48.2 Å². The van der Waals surface area contributed by atoms with Crippen LogP contribution in [0.5, 0.6) is 11.5 Å². The molecule has 0 radical (unpaired) electrons. The second-order valence-corrected chi connectivity index (χ2v) is 66.8. The first-order chi connectivity index (χ1) is 37.9. The van der Waals surface area contributed by atoms with Crippen LogP contribution < -0.4 is 25.8 Å². The number of carbonyl (C=O) groups is 3. The van der Waals surface area contributed by atoms with Crippen LogP contribution in [0.3, 0.4) is 0 Å². The van der Waals surface area contributed by atoms with Crippen LogP contribution in [-0.4, -0.2) is 91.1 Å². The van der Waals surface area contributed by atoms with Crippen molar-refractivity contribution in [2.24, 2.45) is 0 Å². The number of fused-ring (bicyclic) bond motifs is 1. The Morgan fingerprint density at radius 3 is 1.73 bits per heavy atom. The fraction of sp³-hybridized carbons (Fsp3) is 0.304. The van der Waals surface area contributed by atoms with Crippen molar-refractivity contribution in [3.05, 3.63) is 162 Å². The summed E-state index contributed by atoms with van der Waals surface area (Å²) < 4.78 is 27.8. The number of ether oxygens (including phenoxy) is 5. The van der Waals surface area contributed by atoms with E-state index in [1.807, 2.05) is 77.6 Å². The molecule has 5 aromatic heterocycles. The average Bonchev–Trinajstić information content (AvgIpc) is 3.80. The van der Waals surface area contributed by atoms with E-state index in [-0.39, 0.29) is 59.1 Å². The van der Waals surface area contributed by atoms with Gasteiger partial charge in [-0.15, -0.1) is 0 Å². The molecule has 0 aliphatic carbocycles. The molecule has 16 nitrogen and oxygen atoms in total. The Kier molecular flexibility index (Phi) is 72.2. The topological polar surface area (TPSA) is 222 Å². The summed E-state index contributed by atoms with van der Waals surface area (Å²) in [5.41, 5.74) is 0.801. The summed E-state index contributed by atoms with van der Waals surface area (Å²) >= 11 is 55.4. The van der Waals surface area contributed by atoms with Gasteiger partial charge in [0.05, 0.1) is 47.1 Å². The number of nitrogens with one attached hydrogen (secondary N) is 3.